The lowest BCUT2D eigenvalue weighted by Gasteiger charge is -2.24. The topological polar surface area (TPSA) is 53.0 Å². The molecule has 2 aromatic rings. The Morgan fingerprint density at radius 1 is 1.25 bits per heavy atom. The van der Waals surface area contributed by atoms with Crippen LogP contribution in [0.1, 0.15) is 24.1 Å². The van der Waals surface area contributed by atoms with Crippen molar-refractivity contribution in [3.8, 4) is 6.07 Å². The lowest BCUT2D eigenvalue weighted by molar-refractivity contribution is 0.622. The highest BCUT2D eigenvalue weighted by Gasteiger charge is 2.13. The van der Waals surface area contributed by atoms with Crippen LogP contribution >= 0.6 is 0 Å². The molecule has 0 spiro atoms. The largest absolute Gasteiger partial charge is 0.344 e. The third-order valence-electron chi connectivity index (χ3n) is 3.20. The van der Waals surface area contributed by atoms with Crippen molar-refractivity contribution >= 4 is 11.4 Å². The van der Waals surface area contributed by atoms with Crippen molar-refractivity contribution in [2.24, 2.45) is 5.73 Å². The molecule has 0 aliphatic heterocycles. The zero-order chi connectivity index (χ0) is 14.7. The van der Waals surface area contributed by atoms with Crippen LogP contribution in [0.15, 0.2) is 42.5 Å². The van der Waals surface area contributed by atoms with Gasteiger partial charge in [0.05, 0.1) is 11.6 Å². The molecule has 0 radical (unpaired) electrons. The molecule has 1 atom stereocenters. The van der Waals surface area contributed by atoms with E-state index in [1.165, 1.54) is 12.1 Å². The van der Waals surface area contributed by atoms with Crippen LogP contribution in [0, 0.1) is 17.1 Å². The van der Waals surface area contributed by atoms with E-state index >= 15 is 0 Å². The monoisotopic (exact) mass is 269 g/mol. The maximum absolute atomic E-state index is 13.4. The first-order valence-corrected chi connectivity index (χ1v) is 6.32. The average Bonchev–Trinajstić information content (AvgIpc) is 2.46. The van der Waals surface area contributed by atoms with Gasteiger partial charge in [-0.1, -0.05) is 6.07 Å². The van der Waals surface area contributed by atoms with Gasteiger partial charge in [-0.15, -0.1) is 0 Å². The predicted molar refractivity (Wildman–Crippen MR) is 78.2 cm³/mol. The van der Waals surface area contributed by atoms with E-state index in [2.05, 4.69) is 6.07 Å². The molecule has 20 heavy (non-hydrogen) atoms. The Labute approximate surface area is 118 Å². The van der Waals surface area contributed by atoms with Crippen LogP contribution in [0.5, 0.6) is 0 Å². The number of anilines is 2. The molecule has 0 amide bonds. The first-order valence-electron chi connectivity index (χ1n) is 6.32. The maximum atomic E-state index is 13.4. The van der Waals surface area contributed by atoms with Gasteiger partial charge < -0.3 is 10.6 Å². The highest BCUT2D eigenvalue weighted by molar-refractivity contribution is 5.67. The smallest absolute Gasteiger partial charge is 0.123 e. The molecule has 4 heteroatoms. The molecular formula is C16H16FN3. The fraction of sp³-hybridized carbons (Fsp3) is 0.188. The normalized spacial score (nSPS) is 11.8. The molecule has 0 aliphatic rings. The lowest BCUT2D eigenvalue weighted by Crippen LogP contribution is -2.16. The van der Waals surface area contributed by atoms with Crippen molar-refractivity contribution < 1.29 is 4.39 Å². The van der Waals surface area contributed by atoms with Crippen molar-refractivity contribution in [2.75, 3.05) is 11.9 Å². The Hall–Kier alpha value is -2.38. The number of hydrogen-bond donors (Lipinski definition) is 1. The molecule has 0 saturated carbocycles. The van der Waals surface area contributed by atoms with Crippen LogP contribution in [0.3, 0.4) is 0 Å². The van der Waals surface area contributed by atoms with Gasteiger partial charge in [0.25, 0.3) is 0 Å². The molecule has 0 fully saturated rings. The van der Waals surface area contributed by atoms with Gasteiger partial charge in [-0.3, -0.25) is 0 Å². The summed E-state index contributed by atoms with van der Waals surface area (Å²) < 4.78 is 13.4. The number of nitrogens with two attached hydrogens (primary N) is 1. The summed E-state index contributed by atoms with van der Waals surface area (Å²) in [5.41, 5.74) is 8.91. The molecule has 2 aromatic carbocycles. The predicted octanol–water partition coefficient (Wildman–Crippen LogP) is 3.48. The summed E-state index contributed by atoms with van der Waals surface area (Å²) in [6, 6.07) is 13.6. The first kappa shape index (κ1) is 14.0. The van der Waals surface area contributed by atoms with E-state index in [0.717, 1.165) is 16.9 Å². The fourth-order valence-corrected chi connectivity index (χ4v) is 2.12. The van der Waals surface area contributed by atoms with Crippen molar-refractivity contribution in [1.29, 1.82) is 5.26 Å². The molecule has 0 saturated heterocycles. The van der Waals surface area contributed by atoms with Gasteiger partial charge >= 0.3 is 0 Å². The third kappa shape index (κ3) is 2.79. The second-order valence-electron chi connectivity index (χ2n) is 4.71. The van der Waals surface area contributed by atoms with Crippen molar-refractivity contribution in [2.45, 2.75) is 13.0 Å². The van der Waals surface area contributed by atoms with Crippen LogP contribution < -0.4 is 10.6 Å². The van der Waals surface area contributed by atoms with Crippen LogP contribution in [0.25, 0.3) is 0 Å². The fourth-order valence-electron chi connectivity index (χ4n) is 2.12. The number of nitriles is 1. The minimum absolute atomic E-state index is 0.276. The summed E-state index contributed by atoms with van der Waals surface area (Å²) in [7, 11) is 1.87. The van der Waals surface area contributed by atoms with E-state index in [1.54, 1.807) is 18.2 Å². The van der Waals surface area contributed by atoms with E-state index in [0.29, 0.717) is 5.56 Å². The number of rotatable bonds is 3. The molecule has 102 valence electrons. The van der Waals surface area contributed by atoms with Crippen LogP contribution in [0.4, 0.5) is 15.8 Å². The van der Waals surface area contributed by atoms with Gasteiger partial charge in [-0.05, 0) is 48.9 Å². The Balaban J connectivity index is 2.47. The summed E-state index contributed by atoms with van der Waals surface area (Å²) in [6.45, 7) is 1.82. The average molecular weight is 269 g/mol. The van der Waals surface area contributed by atoms with Crippen molar-refractivity contribution in [3.63, 3.8) is 0 Å². The van der Waals surface area contributed by atoms with E-state index in [4.69, 9.17) is 11.0 Å². The summed E-state index contributed by atoms with van der Waals surface area (Å²) in [5.74, 6) is -0.305. The molecule has 0 bridgehead atoms. The highest BCUT2D eigenvalue weighted by atomic mass is 19.1. The SMILES string of the molecule is C[C@@H](N)c1cc(F)ccc1N(C)c1cccc(C#N)c1. The molecule has 0 aliphatic carbocycles. The minimum Gasteiger partial charge on any atom is -0.344 e. The van der Waals surface area contributed by atoms with Crippen molar-refractivity contribution in [3.05, 3.63) is 59.4 Å². The zero-order valence-electron chi connectivity index (χ0n) is 11.5. The van der Waals surface area contributed by atoms with Crippen molar-refractivity contribution in [1.82, 2.24) is 0 Å². The Bertz CT molecular complexity index is 659. The van der Waals surface area contributed by atoms with Gasteiger partial charge in [0.2, 0.25) is 0 Å². The Kier molecular flexibility index (Phi) is 4.02. The minimum atomic E-state index is -0.305. The number of halogens is 1. The van der Waals surface area contributed by atoms with Gasteiger partial charge in [0, 0.05) is 24.5 Å². The molecule has 2 N–H and O–H groups in total. The zero-order valence-corrected chi connectivity index (χ0v) is 11.5. The second kappa shape index (κ2) is 5.72. The lowest BCUT2D eigenvalue weighted by atomic mass is 10.0. The van der Waals surface area contributed by atoms with Crippen LogP contribution in [-0.2, 0) is 0 Å². The quantitative estimate of drug-likeness (QED) is 0.928. The summed E-state index contributed by atoms with van der Waals surface area (Å²) in [4.78, 5) is 1.90. The van der Waals surface area contributed by atoms with E-state index in [-0.39, 0.29) is 11.9 Å². The van der Waals surface area contributed by atoms with Gasteiger partial charge in [-0.2, -0.15) is 5.26 Å². The second-order valence-corrected chi connectivity index (χ2v) is 4.71. The van der Waals surface area contributed by atoms with E-state index in [1.807, 2.05) is 31.0 Å². The van der Waals surface area contributed by atoms with Crippen LogP contribution in [-0.4, -0.2) is 7.05 Å². The van der Waals surface area contributed by atoms with Gasteiger partial charge in [0.1, 0.15) is 5.82 Å². The summed E-state index contributed by atoms with van der Waals surface area (Å²) >= 11 is 0. The standard InChI is InChI=1S/C16H16FN3/c1-11(19)15-9-13(17)6-7-16(15)20(2)14-5-3-4-12(8-14)10-18/h3-9,11H,19H2,1-2H3/t11-/m1/s1. The number of nitrogens with zero attached hydrogens (tertiary/aromatic N) is 2. The molecule has 2 rings (SSSR count). The molecule has 0 aromatic heterocycles. The van der Waals surface area contributed by atoms with E-state index in [9.17, 15) is 4.39 Å². The van der Waals surface area contributed by atoms with E-state index < -0.39 is 0 Å². The maximum Gasteiger partial charge on any atom is 0.123 e. The third-order valence-corrected chi connectivity index (χ3v) is 3.20. The van der Waals surface area contributed by atoms with Crippen LogP contribution in [0.2, 0.25) is 0 Å². The molecular weight excluding hydrogens is 253 g/mol. The highest BCUT2D eigenvalue weighted by Crippen LogP contribution is 2.30. The number of hydrogen-bond acceptors (Lipinski definition) is 3. The number of benzene rings is 2. The first-order chi connectivity index (χ1) is 9.52. The Morgan fingerprint density at radius 2 is 2.00 bits per heavy atom. The van der Waals surface area contributed by atoms with Gasteiger partial charge in [-0.25, -0.2) is 4.39 Å². The molecule has 0 heterocycles. The summed E-state index contributed by atoms with van der Waals surface area (Å²) in [6.07, 6.45) is 0. The Morgan fingerprint density at radius 3 is 2.65 bits per heavy atom. The van der Waals surface area contributed by atoms with Gasteiger partial charge in [0.15, 0.2) is 0 Å². The molecule has 0 unspecified atom stereocenters. The molecule has 3 nitrogen and oxygen atoms in total. The summed E-state index contributed by atoms with van der Waals surface area (Å²) in [5, 5.41) is 8.96.